The van der Waals surface area contributed by atoms with Crippen molar-refractivity contribution < 1.29 is 9.90 Å². The fourth-order valence-electron chi connectivity index (χ4n) is 1.42. The summed E-state index contributed by atoms with van der Waals surface area (Å²) in [7, 11) is 0. The maximum Gasteiger partial charge on any atom is 0.335 e. The number of aromatic nitrogens is 2. The average molecular weight is 217 g/mol. The van der Waals surface area contributed by atoms with Crippen LogP contribution < -0.4 is 5.73 Å². The Morgan fingerprint density at radius 2 is 2.19 bits per heavy atom. The Labute approximate surface area is 92.1 Å². The number of nitrogens with zero attached hydrogens (tertiary/aromatic N) is 2. The molecule has 0 atom stereocenters. The zero-order chi connectivity index (χ0) is 11.7. The third-order valence-corrected chi connectivity index (χ3v) is 2.25. The lowest BCUT2D eigenvalue weighted by atomic mass is 10.2. The Morgan fingerprint density at radius 3 is 2.75 bits per heavy atom. The number of hydrogen-bond acceptors (Lipinski definition) is 3. The average Bonchev–Trinajstić information content (AvgIpc) is 2.65. The molecular formula is C11H11N3O2. The molecule has 1 aromatic heterocycles. The van der Waals surface area contributed by atoms with Gasteiger partial charge in [0, 0.05) is 6.20 Å². The van der Waals surface area contributed by atoms with Crippen LogP contribution in [0.15, 0.2) is 30.5 Å². The molecule has 0 bridgehead atoms. The van der Waals surface area contributed by atoms with Gasteiger partial charge >= 0.3 is 5.97 Å². The lowest BCUT2D eigenvalue weighted by Gasteiger charge is -2.06. The van der Waals surface area contributed by atoms with E-state index in [0.29, 0.717) is 11.4 Å². The summed E-state index contributed by atoms with van der Waals surface area (Å²) in [5.41, 5.74) is 7.89. The van der Waals surface area contributed by atoms with Gasteiger partial charge in [-0.15, -0.1) is 0 Å². The molecule has 1 heterocycles. The van der Waals surface area contributed by atoms with Crippen LogP contribution in [0.25, 0.3) is 5.69 Å². The van der Waals surface area contributed by atoms with Gasteiger partial charge in [-0.2, -0.15) is 5.10 Å². The van der Waals surface area contributed by atoms with E-state index in [1.165, 1.54) is 12.1 Å². The SMILES string of the molecule is Cc1ccn(-c2cc(C(=O)O)ccc2N)n1. The Hall–Kier alpha value is -2.30. The zero-order valence-electron chi connectivity index (χ0n) is 8.71. The molecule has 1 aromatic carbocycles. The van der Waals surface area contributed by atoms with E-state index in [4.69, 9.17) is 10.8 Å². The highest BCUT2D eigenvalue weighted by Crippen LogP contribution is 2.18. The molecule has 2 aromatic rings. The minimum Gasteiger partial charge on any atom is -0.478 e. The second-order valence-corrected chi connectivity index (χ2v) is 3.48. The van der Waals surface area contributed by atoms with Gasteiger partial charge in [-0.25, -0.2) is 9.48 Å². The van der Waals surface area contributed by atoms with E-state index in [1.54, 1.807) is 16.9 Å². The molecule has 0 aliphatic carbocycles. The number of rotatable bonds is 2. The summed E-state index contributed by atoms with van der Waals surface area (Å²) in [6.07, 6.45) is 1.74. The van der Waals surface area contributed by atoms with Crippen LogP contribution in [0.1, 0.15) is 16.1 Å². The highest BCUT2D eigenvalue weighted by molar-refractivity contribution is 5.89. The highest BCUT2D eigenvalue weighted by Gasteiger charge is 2.08. The molecule has 16 heavy (non-hydrogen) atoms. The van der Waals surface area contributed by atoms with E-state index in [-0.39, 0.29) is 5.56 Å². The maximum absolute atomic E-state index is 10.8. The van der Waals surface area contributed by atoms with Gasteiger partial charge in [-0.3, -0.25) is 0 Å². The number of aryl methyl sites for hydroxylation is 1. The molecule has 0 unspecified atom stereocenters. The van der Waals surface area contributed by atoms with Crippen LogP contribution in [0.4, 0.5) is 5.69 Å². The topological polar surface area (TPSA) is 81.1 Å². The Kier molecular flexibility index (Phi) is 2.36. The first-order chi connectivity index (χ1) is 7.58. The van der Waals surface area contributed by atoms with Gasteiger partial charge in [0.25, 0.3) is 0 Å². The van der Waals surface area contributed by atoms with E-state index in [0.717, 1.165) is 5.69 Å². The number of hydrogen-bond donors (Lipinski definition) is 2. The summed E-state index contributed by atoms with van der Waals surface area (Å²) in [6.45, 7) is 1.85. The summed E-state index contributed by atoms with van der Waals surface area (Å²) in [6, 6.07) is 6.37. The normalized spacial score (nSPS) is 10.3. The van der Waals surface area contributed by atoms with Gasteiger partial charge in [0.05, 0.1) is 22.6 Å². The summed E-state index contributed by atoms with van der Waals surface area (Å²) in [5, 5.41) is 13.1. The number of nitrogen functional groups attached to an aromatic ring is 1. The standard InChI is InChI=1S/C11H11N3O2/c1-7-4-5-14(13-7)10-6-8(11(15)16)2-3-9(10)12/h2-6H,12H2,1H3,(H,15,16). The molecule has 0 saturated carbocycles. The lowest BCUT2D eigenvalue weighted by molar-refractivity contribution is 0.0697. The number of nitrogens with two attached hydrogens (primary N) is 1. The van der Waals surface area contributed by atoms with Crippen molar-refractivity contribution in [3.8, 4) is 5.69 Å². The summed E-state index contributed by atoms with van der Waals surface area (Å²) in [5.74, 6) is -0.981. The van der Waals surface area contributed by atoms with Crippen LogP contribution in [-0.2, 0) is 0 Å². The van der Waals surface area contributed by atoms with Crippen molar-refractivity contribution in [2.75, 3.05) is 5.73 Å². The van der Waals surface area contributed by atoms with Gasteiger partial charge in [0.1, 0.15) is 0 Å². The lowest BCUT2D eigenvalue weighted by Crippen LogP contribution is -2.04. The van der Waals surface area contributed by atoms with Gasteiger partial charge in [-0.1, -0.05) is 0 Å². The number of benzene rings is 1. The van der Waals surface area contributed by atoms with E-state index < -0.39 is 5.97 Å². The molecule has 2 rings (SSSR count). The second-order valence-electron chi connectivity index (χ2n) is 3.48. The van der Waals surface area contributed by atoms with Crippen LogP contribution in [0.5, 0.6) is 0 Å². The summed E-state index contributed by atoms with van der Waals surface area (Å²) in [4.78, 5) is 10.8. The van der Waals surface area contributed by atoms with Gasteiger partial charge in [0.2, 0.25) is 0 Å². The van der Waals surface area contributed by atoms with Crippen LogP contribution in [0.3, 0.4) is 0 Å². The van der Waals surface area contributed by atoms with Gasteiger partial charge in [-0.05, 0) is 31.2 Å². The molecule has 0 amide bonds. The molecule has 0 radical (unpaired) electrons. The smallest absolute Gasteiger partial charge is 0.335 e. The Balaban J connectivity index is 2.55. The minimum absolute atomic E-state index is 0.192. The number of carboxylic acid groups (broad SMARTS) is 1. The van der Waals surface area contributed by atoms with E-state index in [9.17, 15) is 4.79 Å². The first-order valence-corrected chi connectivity index (χ1v) is 4.73. The molecule has 0 saturated heterocycles. The van der Waals surface area contributed by atoms with Crippen LogP contribution >= 0.6 is 0 Å². The molecule has 0 aliphatic rings. The number of carbonyl (C=O) groups is 1. The zero-order valence-corrected chi connectivity index (χ0v) is 8.71. The van der Waals surface area contributed by atoms with Crippen LogP contribution in [-0.4, -0.2) is 20.9 Å². The van der Waals surface area contributed by atoms with Crippen molar-refractivity contribution >= 4 is 11.7 Å². The fourth-order valence-corrected chi connectivity index (χ4v) is 1.42. The molecule has 0 fully saturated rings. The predicted molar refractivity (Wildman–Crippen MR) is 59.7 cm³/mol. The van der Waals surface area contributed by atoms with Crippen molar-refractivity contribution in [3.63, 3.8) is 0 Å². The quantitative estimate of drug-likeness (QED) is 0.746. The molecular weight excluding hydrogens is 206 g/mol. The van der Waals surface area contributed by atoms with E-state index in [2.05, 4.69) is 5.10 Å². The van der Waals surface area contributed by atoms with Crippen molar-refractivity contribution in [3.05, 3.63) is 41.7 Å². The molecule has 3 N–H and O–H groups in total. The number of aromatic carboxylic acids is 1. The summed E-state index contributed by atoms with van der Waals surface area (Å²) < 4.78 is 1.57. The van der Waals surface area contributed by atoms with Gasteiger partial charge < -0.3 is 10.8 Å². The van der Waals surface area contributed by atoms with Crippen molar-refractivity contribution in [1.29, 1.82) is 0 Å². The van der Waals surface area contributed by atoms with Crippen molar-refractivity contribution in [2.45, 2.75) is 6.92 Å². The first kappa shape index (κ1) is 10.2. The minimum atomic E-state index is -0.981. The van der Waals surface area contributed by atoms with Crippen LogP contribution in [0.2, 0.25) is 0 Å². The highest BCUT2D eigenvalue weighted by atomic mass is 16.4. The molecule has 5 nitrogen and oxygen atoms in total. The Morgan fingerprint density at radius 1 is 1.44 bits per heavy atom. The molecule has 0 aliphatic heterocycles. The van der Waals surface area contributed by atoms with Gasteiger partial charge in [0.15, 0.2) is 0 Å². The van der Waals surface area contributed by atoms with E-state index in [1.807, 2.05) is 13.0 Å². The predicted octanol–water partition coefficient (Wildman–Crippen LogP) is 1.46. The largest absolute Gasteiger partial charge is 0.478 e. The first-order valence-electron chi connectivity index (χ1n) is 4.73. The number of carboxylic acids is 1. The third kappa shape index (κ3) is 1.75. The Bertz CT molecular complexity index is 546. The monoisotopic (exact) mass is 217 g/mol. The second kappa shape index (κ2) is 3.69. The molecule has 5 heteroatoms. The van der Waals surface area contributed by atoms with Crippen molar-refractivity contribution in [2.24, 2.45) is 0 Å². The summed E-state index contributed by atoms with van der Waals surface area (Å²) >= 11 is 0. The number of anilines is 1. The third-order valence-electron chi connectivity index (χ3n) is 2.25. The van der Waals surface area contributed by atoms with E-state index >= 15 is 0 Å². The molecule has 82 valence electrons. The molecule has 0 spiro atoms. The van der Waals surface area contributed by atoms with Crippen LogP contribution in [0, 0.1) is 6.92 Å². The maximum atomic E-state index is 10.8. The fraction of sp³-hybridized carbons (Fsp3) is 0.0909. The van der Waals surface area contributed by atoms with Crippen molar-refractivity contribution in [1.82, 2.24) is 9.78 Å².